The normalized spacial score (nSPS) is 17.2. The molecule has 6 heteroatoms. The number of fused-ring (bicyclic) bond motifs is 1. The summed E-state index contributed by atoms with van der Waals surface area (Å²) in [5, 5.41) is 12.3. The minimum atomic E-state index is -0.889. The lowest BCUT2D eigenvalue weighted by atomic mass is 10.1. The maximum atomic E-state index is 11.9. The van der Waals surface area contributed by atoms with Gasteiger partial charge in [0.15, 0.2) is 0 Å². The van der Waals surface area contributed by atoms with E-state index >= 15 is 0 Å². The third kappa shape index (κ3) is 2.64. The van der Waals surface area contributed by atoms with Crippen molar-refractivity contribution in [3.63, 3.8) is 0 Å². The van der Waals surface area contributed by atoms with E-state index in [0.717, 1.165) is 11.1 Å². The summed E-state index contributed by atoms with van der Waals surface area (Å²) < 4.78 is 1.74. The number of benzene rings is 1. The molecule has 2 N–H and O–H groups in total. The van der Waals surface area contributed by atoms with E-state index in [4.69, 9.17) is 16.7 Å². The molecule has 0 bridgehead atoms. The quantitative estimate of drug-likeness (QED) is 0.915. The van der Waals surface area contributed by atoms with E-state index in [0.29, 0.717) is 17.3 Å². The molecule has 0 aliphatic carbocycles. The molecule has 108 valence electrons. The Kier molecular flexibility index (Phi) is 3.43. The van der Waals surface area contributed by atoms with Crippen molar-refractivity contribution in [3.05, 3.63) is 47.2 Å². The summed E-state index contributed by atoms with van der Waals surface area (Å²) in [5.41, 5.74) is 2.22. The molecule has 1 amide bonds. The number of carbonyl (C=O) groups is 2. The number of aliphatic carboxylic acids is 1. The molecule has 0 saturated carbocycles. The average Bonchev–Trinajstić information content (AvgIpc) is 2.88. The van der Waals surface area contributed by atoms with Crippen molar-refractivity contribution >= 4 is 23.5 Å². The smallest absolute Gasteiger partial charge is 0.305 e. The molecular weight excluding hydrogens is 292 g/mol. The Morgan fingerprint density at radius 1 is 1.38 bits per heavy atom. The number of carboxylic acids is 1. The number of carboxylic acid groups (broad SMARTS) is 1. The zero-order chi connectivity index (χ0) is 15.0. The van der Waals surface area contributed by atoms with Crippen LogP contribution in [0.4, 0.5) is 0 Å². The van der Waals surface area contributed by atoms with Gasteiger partial charge in [-0.2, -0.15) is 0 Å². The lowest BCUT2D eigenvalue weighted by Gasteiger charge is -2.25. The first-order valence-corrected chi connectivity index (χ1v) is 6.90. The SMILES string of the molecule is O=C(O)C[C@@H]1CNC(=O)c2cc(-c3cccc(Cl)c3)cn21. The van der Waals surface area contributed by atoms with Crippen LogP contribution in [0.1, 0.15) is 23.0 Å². The number of aromatic nitrogens is 1. The first-order valence-electron chi connectivity index (χ1n) is 6.52. The number of carbonyl (C=O) groups excluding carboxylic acids is 1. The van der Waals surface area contributed by atoms with Crippen molar-refractivity contribution in [2.75, 3.05) is 6.54 Å². The summed E-state index contributed by atoms with van der Waals surface area (Å²) in [4.78, 5) is 22.9. The Morgan fingerprint density at radius 2 is 2.19 bits per heavy atom. The summed E-state index contributed by atoms with van der Waals surface area (Å²) in [6.07, 6.45) is 1.78. The first kappa shape index (κ1) is 13.7. The Morgan fingerprint density at radius 3 is 2.90 bits per heavy atom. The molecule has 2 heterocycles. The summed E-state index contributed by atoms with van der Waals surface area (Å²) in [6.45, 7) is 0.321. The van der Waals surface area contributed by atoms with Crippen LogP contribution < -0.4 is 5.32 Å². The molecule has 2 aromatic rings. The number of nitrogens with zero attached hydrogens (tertiary/aromatic N) is 1. The summed E-state index contributed by atoms with van der Waals surface area (Å²) in [7, 11) is 0. The summed E-state index contributed by atoms with van der Waals surface area (Å²) >= 11 is 5.98. The molecule has 1 aliphatic heterocycles. The van der Waals surface area contributed by atoms with Crippen molar-refractivity contribution in [2.24, 2.45) is 0 Å². The zero-order valence-electron chi connectivity index (χ0n) is 11.0. The second kappa shape index (κ2) is 5.26. The maximum Gasteiger partial charge on any atom is 0.305 e. The van der Waals surface area contributed by atoms with Crippen molar-refractivity contribution in [2.45, 2.75) is 12.5 Å². The Bertz CT molecular complexity index is 723. The van der Waals surface area contributed by atoms with Crippen LogP contribution in [0.25, 0.3) is 11.1 Å². The fourth-order valence-corrected chi connectivity index (χ4v) is 2.75. The molecule has 1 atom stereocenters. The van der Waals surface area contributed by atoms with Gasteiger partial charge < -0.3 is 15.0 Å². The van der Waals surface area contributed by atoms with Crippen molar-refractivity contribution in [1.29, 1.82) is 0 Å². The van der Waals surface area contributed by atoms with Crippen LogP contribution in [0.2, 0.25) is 5.02 Å². The molecule has 1 aromatic carbocycles. The zero-order valence-corrected chi connectivity index (χ0v) is 11.8. The number of amides is 1. The van der Waals surface area contributed by atoms with E-state index in [1.165, 1.54) is 0 Å². The van der Waals surface area contributed by atoms with Gasteiger partial charge in [0.2, 0.25) is 0 Å². The van der Waals surface area contributed by atoms with Crippen LogP contribution >= 0.6 is 11.6 Å². The highest BCUT2D eigenvalue weighted by Gasteiger charge is 2.27. The molecule has 0 spiro atoms. The van der Waals surface area contributed by atoms with Gasteiger partial charge >= 0.3 is 5.97 Å². The van der Waals surface area contributed by atoms with Crippen molar-refractivity contribution < 1.29 is 14.7 Å². The number of hydrogen-bond donors (Lipinski definition) is 2. The average molecular weight is 305 g/mol. The fraction of sp³-hybridized carbons (Fsp3) is 0.200. The third-order valence-corrected chi connectivity index (χ3v) is 3.78. The van der Waals surface area contributed by atoms with Gasteiger partial charge in [-0.05, 0) is 23.8 Å². The summed E-state index contributed by atoms with van der Waals surface area (Å²) in [5.74, 6) is -1.08. The highest BCUT2D eigenvalue weighted by molar-refractivity contribution is 6.30. The van der Waals surface area contributed by atoms with Crippen LogP contribution in [-0.2, 0) is 4.79 Å². The Balaban J connectivity index is 2.03. The molecule has 1 aromatic heterocycles. The predicted molar refractivity (Wildman–Crippen MR) is 78.5 cm³/mol. The number of rotatable bonds is 3. The van der Waals surface area contributed by atoms with E-state index in [-0.39, 0.29) is 18.4 Å². The van der Waals surface area contributed by atoms with Crippen LogP contribution in [0.3, 0.4) is 0 Å². The van der Waals surface area contributed by atoms with E-state index in [1.54, 1.807) is 16.7 Å². The molecule has 0 radical (unpaired) electrons. The molecule has 0 unspecified atom stereocenters. The minimum absolute atomic E-state index is 0.0308. The van der Waals surface area contributed by atoms with Gasteiger partial charge in [-0.3, -0.25) is 9.59 Å². The van der Waals surface area contributed by atoms with Gasteiger partial charge in [0.05, 0.1) is 12.5 Å². The van der Waals surface area contributed by atoms with Gasteiger partial charge in [0.25, 0.3) is 5.91 Å². The highest BCUT2D eigenvalue weighted by atomic mass is 35.5. The largest absolute Gasteiger partial charge is 0.481 e. The predicted octanol–water partition coefficient (Wildman–Crippen LogP) is 2.57. The highest BCUT2D eigenvalue weighted by Crippen LogP contribution is 2.29. The van der Waals surface area contributed by atoms with Gasteiger partial charge in [-0.15, -0.1) is 0 Å². The lowest BCUT2D eigenvalue weighted by molar-refractivity contribution is -0.137. The Labute approximate surface area is 126 Å². The van der Waals surface area contributed by atoms with Gasteiger partial charge in [0.1, 0.15) is 5.69 Å². The van der Waals surface area contributed by atoms with Crippen LogP contribution in [-0.4, -0.2) is 28.1 Å². The van der Waals surface area contributed by atoms with E-state index in [9.17, 15) is 9.59 Å². The van der Waals surface area contributed by atoms with Gasteiger partial charge in [-0.25, -0.2) is 0 Å². The van der Waals surface area contributed by atoms with Crippen molar-refractivity contribution in [1.82, 2.24) is 9.88 Å². The standard InChI is InChI=1S/C15H13ClN2O3/c16-11-3-1-2-9(4-11)10-5-13-15(21)17-7-12(6-14(19)20)18(13)8-10/h1-5,8,12H,6-7H2,(H,17,21)(H,19,20)/t12-/m1/s1. The van der Waals surface area contributed by atoms with E-state index in [2.05, 4.69) is 5.32 Å². The molecule has 21 heavy (non-hydrogen) atoms. The number of nitrogens with one attached hydrogen (secondary N) is 1. The first-order chi connectivity index (χ1) is 10.0. The fourth-order valence-electron chi connectivity index (χ4n) is 2.56. The van der Waals surface area contributed by atoms with Crippen molar-refractivity contribution in [3.8, 4) is 11.1 Å². The Hall–Kier alpha value is -2.27. The minimum Gasteiger partial charge on any atom is -0.481 e. The maximum absolute atomic E-state index is 11.9. The molecular formula is C15H13ClN2O3. The van der Waals surface area contributed by atoms with E-state index in [1.807, 2.05) is 24.4 Å². The molecule has 0 fully saturated rings. The number of halogens is 1. The molecule has 3 rings (SSSR count). The van der Waals surface area contributed by atoms with Crippen LogP contribution in [0.15, 0.2) is 36.5 Å². The second-order valence-corrected chi connectivity index (χ2v) is 5.43. The van der Waals surface area contributed by atoms with Gasteiger partial charge in [-0.1, -0.05) is 23.7 Å². The van der Waals surface area contributed by atoms with Crippen LogP contribution in [0.5, 0.6) is 0 Å². The van der Waals surface area contributed by atoms with E-state index < -0.39 is 5.97 Å². The molecule has 0 saturated heterocycles. The monoisotopic (exact) mass is 304 g/mol. The molecule has 5 nitrogen and oxygen atoms in total. The van der Waals surface area contributed by atoms with Gasteiger partial charge in [0, 0.05) is 23.3 Å². The number of hydrogen-bond acceptors (Lipinski definition) is 2. The summed E-state index contributed by atoms with van der Waals surface area (Å²) in [6, 6.07) is 8.81. The topological polar surface area (TPSA) is 71.3 Å². The lowest BCUT2D eigenvalue weighted by Crippen LogP contribution is -2.39. The van der Waals surface area contributed by atoms with Crippen LogP contribution in [0, 0.1) is 0 Å². The second-order valence-electron chi connectivity index (χ2n) is 4.99. The third-order valence-electron chi connectivity index (χ3n) is 3.54. The molecule has 1 aliphatic rings.